The van der Waals surface area contributed by atoms with Gasteiger partial charge in [0.05, 0.1) is 0 Å². The molecular formula is C20H28O. The van der Waals surface area contributed by atoms with Crippen molar-refractivity contribution in [2.24, 2.45) is 29.6 Å². The Balaban J connectivity index is 2.15. The van der Waals surface area contributed by atoms with Crippen LogP contribution < -0.4 is 0 Å². The van der Waals surface area contributed by atoms with E-state index in [4.69, 9.17) is 0 Å². The smallest absolute Gasteiger partial charge is 0.144 e. The van der Waals surface area contributed by atoms with E-state index in [1.54, 1.807) is 11.1 Å². The summed E-state index contributed by atoms with van der Waals surface area (Å²) in [6.45, 7) is 13.1. The van der Waals surface area contributed by atoms with E-state index in [0.717, 1.165) is 6.42 Å². The number of allylic oxidation sites excluding steroid dienone is 5. The summed E-state index contributed by atoms with van der Waals surface area (Å²) in [5, 5.41) is 0. The third kappa shape index (κ3) is 2.25. The SMILES string of the molecule is C=C1CCC2=C3C(CCC2C)C(C)C(=O)C(C=C(C)C)C13. The standard InChI is InChI=1S/C20H28O/c1-11(2)10-17-18-13(4)7-8-15-12(3)6-9-16(19(15)18)14(5)20(17)21/h10,12,14,16-18H,4,6-9H2,1-3,5H3. The Morgan fingerprint density at radius 2 is 1.90 bits per heavy atom. The summed E-state index contributed by atoms with van der Waals surface area (Å²) in [5.41, 5.74) is 5.86. The maximum atomic E-state index is 12.9. The lowest BCUT2D eigenvalue weighted by molar-refractivity contribution is -0.129. The fourth-order valence-corrected chi connectivity index (χ4v) is 4.94. The predicted octanol–water partition coefficient (Wildman–Crippen LogP) is 5.10. The van der Waals surface area contributed by atoms with Crippen molar-refractivity contribution in [1.29, 1.82) is 0 Å². The Bertz CT molecular complexity index is 544. The first-order valence-corrected chi connectivity index (χ1v) is 8.51. The molecule has 0 bridgehead atoms. The number of ketones is 1. The Hall–Kier alpha value is -1.11. The van der Waals surface area contributed by atoms with Gasteiger partial charge in [0.2, 0.25) is 0 Å². The molecule has 0 aromatic heterocycles. The second-order valence-electron chi connectivity index (χ2n) is 7.66. The van der Waals surface area contributed by atoms with Gasteiger partial charge in [-0.1, -0.05) is 48.8 Å². The lowest BCUT2D eigenvalue weighted by Crippen LogP contribution is -2.45. The topological polar surface area (TPSA) is 17.1 Å². The molecule has 1 saturated carbocycles. The minimum absolute atomic E-state index is 0.0457. The highest BCUT2D eigenvalue weighted by Crippen LogP contribution is 2.55. The van der Waals surface area contributed by atoms with Crippen molar-refractivity contribution in [3.8, 4) is 0 Å². The molecule has 0 N–H and O–H groups in total. The molecule has 3 aliphatic rings. The third-order valence-electron chi connectivity index (χ3n) is 6.02. The summed E-state index contributed by atoms with van der Waals surface area (Å²) in [5.74, 6) is 2.19. The number of hydrogen-bond acceptors (Lipinski definition) is 1. The first-order valence-electron chi connectivity index (χ1n) is 8.51. The molecule has 0 aromatic rings. The largest absolute Gasteiger partial charge is 0.299 e. The number of carbonyl (C=O) groups excluding carboxylic acids is 1. The first kappa shape index (κ1) is 14.8. The average Bonchev–Trinajstić information content (AvgIpc) is 2.43. The van der Waals surface area contributed by atoms with Gasteiger partial charge in [-0.2, -0.15) is 0 Å². The van der Waals surface area contributed by atoms with Crippen LogP contribution >= 0.6 is 0 Å². The molecule has 0 radical (unpaired) electrons. The van der Waals surface area contributed by atoms with Gasteiger partial charge in [-0.05, 0) is 51.4 Å². The van der Waals surface area contributed by atoms with Gasteiger partial charge in [0.1, 0.15) is 5.78 Å². The van der Waals surface area contributed by atoms with Crippen molar-refractivity contribution in [1.82, 2.24) is 0 Å². The van der Waals surface area contributed by atoms with Crippen LogP contribution in [0.3, 0.4) is 0 Å². The minimum Gasteiger partial charge on any atom is -0.299 e. The number of hydrogen-bond donors (Lipinski definition) is 0. The monoisotopic (exact) mass is 284 g/mol. The second kappa shape index (κ2) is 5.26. The van der Waals surface area contributed by atoms with Crippen molar-refractivity contribution in [2.45, 2.75) is 53.4 Å². The molecular weight excluding hydrogens is 256 g/mol. The molecule has 0 spiro atoms. The van der Waals surface area contributed by atoms with Gasteiger partial charge in [0.15, 0.2) is 0 Å². The third-order valence-corrected chi connectivity index (χ3v) is 6.02. The highest BCUT2D eigenvalue weighted by Gasteiger charge is 2.48. The van der Waals surface area contributed by atoms with Crippen molar-refractivity contribution < 1.29 is 4.79 Å². The van der Waals surface area contributed by atoms with Crippen molar-refractivity contribution in [3.63, 3.8) is 0 Å². The van der Waals surface area contributed by atoms with E-state index in [2.05, 4.69) is 40.3 Å². The Kier molecular flexibility index (Phi) is 3.71. The van der Waals surface area contributed by atoms with E-state index in [9.17, 15) is 4.79 Å². The summed E-state index contributed by atoms with van der Waals surface area (Å²) in [6, 6.07) is 0. The molecule has 0 aromatic carbocycles. The van der Waals surface area contributed by atoms with Crippen LogP contribution in [0.2, 0.25) is 0 Å². The van der Waals surface area contributed by atoms with Crippen molar-refractivity contribution in [3.05, 3.63) is 34.9 Å². The molecule has 114 valence electrons. The summed E-state index contributed by atoms with van der Waals surface area (Å²) in [7, 11) is 0. The molecule has 1 heteroatoms. The lowest BCUT2D eigenvalue weighted by Gasteiger charge is -2.49. The Morgan fingerprint density at radius 3 is 2.57 bits per heavy atom. The molecule has 1 nitrogen and oxygen atoms in total. The molecule has 5 atom stereocenters. The van der Waals surface area contributed by atoms with E-state index in [1.807, 2.05) is 0 Å². The van der Waals surface area contributed by atoms with Crippen LogP contribution in [0.25, 0.3) is 0 Å². The summed E-state index contributed by atoms with van der Waals surface area (Å²) in [4.78, 5) is 12.9. The molecule has 0 aliphatic heterocycles. The molecule has 0 heterocycles. The van der Waals surface area contributed by atoms with Gasteiger partial charge in [-0.25, -0.2) is 0 Å². The van der Waals surface area contributed by atoms with E-state index < -0.39 is 0 Å². The molecule has 5 unspecified atom stereocenters. The van der Waals surface area contributed by atoms with E-state index in [-0.39, 0.29) is 11.8 Å². The van der Waals surface area contributed by atoms with Gasteiger partial charge in [0.25, 0.3) is 0 Å². The lowest BCUT2D eigenvalue weighted by atomic mass is 9.54. The average molecular weight is 284 g/mol. The van der Waals surface area contributed by atoms with Gasteiger partial charge in [0, 0.05) is 17.8 Å². The molecule has 0 saturated heterocycles. The number of carbonyl (C=O) groups is 1. The summed E-state index contributed by atoms with van der Waals surface area (Å²) in [6.07, 6.45) is 6.92. The molecule has 1 fully saturated rings. The zero-order valence-corrected chi connectivity index (χ0v) is 13.9. The van der Waals surface area contributed by atoms with E-state index in [1.165, 1.54) is 30.4 Å². The Labute approximate surface area is 129 Å². The predicted molar refractivity (Wildman–Crippen MR) is 87.9 cm³/mol. The summed E-state index contributed by atoms with van der Waals surface area (Å²) >= 11 is 0. The van der Waals surface area contributed by atoms with Crippen molar-refractivity contribution >= 4 is 5.78 Å². The highest BCUT2D eigenvalue weighted by molar-refractivity contribution is 5.88. The van der Waals surface area contributed by atoms with Crippen LogP contribution in [0.1, 0.15) is 53.4 Å². The zero-order valence-electron chi connectivity index (χ0n) is 13.9. The van der Waals surface area contributed by atoms with Crippen molar-refractivity contribution in [2.75, 3.05) is 0 Å². The number of rotatable bonds is 1. The molecule has 3 rings (SSSR count). The first-order chi connectivity index (χ1) is 9.91. The minimum atomic E-state index is 0.0457. The quantitative estimate of drug-likeness (QED) is 0.612. The van der Waals surface area contributed by atoms with Crippen LogP contribution in [0.5, 0.6) is 0 Å². The van der Waals surface area contributed by atoms with Gasteiger partial charge in [-0.3, -0.25) is 4.79 Å². The zero-order chi connectivity index (χ0) is 15.3. The van der Waals surface area contributed by atoms with E-state index in [0.29, 0.717) is 23.5 Å². The maximum Gasteiger partial charge on any atom is 0.144 e. The summed E-state index contributed by atoms with van der Waals surface area (Å²) < 4.78 is 0. The molecule has 0 amide bonds. The van der Waals surface area contributed by atoms with Crippen LogP contribution in [0.15, 0.2) is 34.9 Å². The normalized spacial score (nSPS) is 39.1. The van der Waals surface area contributed by atoms with Crippen LogP contribution in [0.4, 0.5) is 0 Å². The fourth-order valence-electron chi connectivity index (χ4n) is 4.94. The van der Waals surface area contributed by atoms with Gasteiger partial charge >= 0.3 is 0 Å². The van der Waals surface area contributed by atoms with Gasteiger partial charge < -0.3 is 0 Å². The second-order valence-corrected chi connectivity index (χ2v) is 7.66. The van der Waals surface area contributed by atoms with Crippen LogP contribution in [-0.4, -0.2) is 5.78 Å². The fraction of sp³-hybridized carbons (Fsp3) is 0.650. The van der Waals surface area contributed by atoms with E-state index >= 15 is 0 Å². The van der Waals surface area contributed by atoms with Gasteiger partial charge in [-0.15, -0.1) is 0 Å². The highest BCUT2D eigenvalue weighted by atomic mass is 16.1. The van der Waals surface area contributed by atoms with Crippen LogP contribution in [-0.2, 0) is 4.79 Å². The Morgan fingerprint density at radius 1 is 1.19 bits per heavy atom. The molecule has 21 heavy (non-hydrogen) atoms. The molecule has 3 aliphatic carbocycles. The maximum absolute atomic E-state index is 12.9. The van der Waals surface area contributed by atoms with Crippen LogP contribution in [0, 0.1) is 29.6 Å². The number of Topliss-reactive ketones (excluding diaryl/α,β-unsaturated/α-hetero) is 1.